The molecule has 1 aromatic carbocycles. The molecule has 24 heavy (non-hydrogen) atoms. The minimum absolute atomic E-state index is 0.0751. The molecule has 1 saturated carbocycles. The molecule has 0 radical (unpaired) electrons. The molecule has 2 aromatic rings. The van der Waals surface area contributed by atoms with Crippen molar-refractivity contribution in [3.05, 3.63) is 34.9 Å². The number of likely N-dealkylation sites (tertiary alicyclic amines) is 1. The van der Waals surface area contributed by atoms with Gasteiger partial charge in [-0.3, -0.25) is 4.79 Å². The number of hydrogen-bond donors (Lipinski definition) is 0. The lowest BCUT2D eigenvalue weighted by atomic mass is 10.3. The smallest absolute Gasteiger partial charge is 0.291 e. The number of ether oxygens (including phenoxy) is 1. The van der Waals surface area contributed by atoms with Gasteiger partial charge < -0.3 is 9.64 Å². The van der Waals surface area contributed by atoms with E-state index in [-0.39, 0.29) is 5.91 Å². The van der Waals surface area contributed by atoms with Crippen LogP contribution < -0.4 is 4.74 Å². The predicted molar refractivity (Wildman–Crippen MR) is 90.0 cm³/mol. The summed E-state index contributed by atoms with van der Waals surface area (Å²) in [5.41, 5.74) is 0.645. The Hall–Kier alpha value is -2.08. The summed E-state index contributed by atoms with van der Waals surface area (Å²) < 4.78 is 7.02. The molecule has 0 N–H and O–H groups in total. The summed E-state index contributed by atoms with van der Waals surface area (Å²) in [6.07, 6.45) is 4.23. The second-order valence-electron chi connectivity index (χ2n) is 6.30. The molecule has 2 aliphatic rings. The number of benzene rings is 1. The Kier molecular flexibility index (Phi) is 3.92. The van der Waals surface area contributed by atoms with E-state index in [4.69, 9.17) is 16.3 Å². The van der Waals surface area contributed by atoms with E-state index in [1.54, 1.807) is 30.0 Å². The van der Waals surface area contributed by atoms with Gasteiger partial charge in [-0.1, -0.05) is 11.6 Å². The van der Waals surface area contributed by atoms with Crippen LogP contribution in [0.25, 0.3) is 5.69 Å². The van der Waals surface area contributed by atoms with Crippen LogP contribution in [0, 0.1) is 0 Å². The normalized spacial score (nSPS) is 17.3. The zero-order valence-electron chi connectivity index (χ0n) is 13.5. The Morgan fingerprint density at radius 3 is 2.71 bits per heavy atom. The van der Waals surface area contributed by atoms with Crippen LogP contribution in [0.5, 0.6) is 5.75 Å². The summed E-state index contributed by atoms with van der Waals surface area (Å²) >= 11 is 6.15. The van der Waals surface area contributed by atoms with E-state index in [2.05, 4.69) is 10.1 Å². The maximum atomic E-state index is 12.9. The highest BCUT2D eigenvalue weighted by atomic mass is 35.5. The second kappa shape index (κ2) is 6.09. The third-order valence-corrected chi connectivity index (χ3v) is 4.75. The largest absolute Gasteiger partial charge is 0.494 e. The van der Waals surface area contributed by atoms with Gasteiger partial charge in [0.25, 0.3) is 5.91 Å². The van der Waals surface area contributed by atoms with E-state index in [1.165, 1.54) is 0 Å². The first-order valence-corrected chi connectivity index (χ1v) is 8.65. The van der Waals surface area contributed by atoms with Gasteiger partial charge in [0, 0.05) is 24.0 Å². The molecular formula is C17H19ClN4O2. The molecule has 1 amide bonds. The van der Waals surface area contributed by atoms with Crippen molar-refractivity contribution in [3.8, 4) is 11.4 Å². The van der Waals surface area contributed by atoms with Crippen LogP contribution >= 0.6 is 11.6 Å². The fraction of sp³-hybridized carbons (Fsp3) is 0.471. The van der Waals surface area contributed by atoms with E-state index < -0.39 is 0 Å². The van der Waals surface area contributed by atoms with E-state index in [0.29, 0.717) is 28.2 Å². The molecule has 4 rings (SSSR count). The highest BCUT2D eigenvalue weighted by Gasteiger charge is 2.33. The molecule has 0 bridgehead atoms. The Bertz CT molecular complexity index is 779. The van der Waals surface area contributed by atoms with Crippen molar-refractivity contribution in [1.82, 2.24) is 19.7 Å². The molecule has 1 aliphatic carbocycles. The summed E-state index contributed by atoms with van der Waals surface area (Å²) in [5.74, 6) is 1.98. The molecule has 7 heteroatoms. The SMILES string of the molecule is COc1ccc(Cl)cc1-n1nc(C2CC2)nc1C(=O)N1CCCC1. The van der Waals surface area contributed by atoms with E-state index >= 15 is 0 Å². The van der Waals surface area contributed by atoms with Crippen LogP contribution in [0.4, 0.5) is 0 Å². The molecule has 1 aliphatic heterocycles. The predicted octanol–water partition coefficient (Wildman–Crippen LogP) is 3.04. The fourth-order valence-corrected chi connectivity index (χ4v) is 3.21. The monoisotopic (exact) mass is 346 g/mol. The number of carbonyl (C=O) groups excluding carboxylic acids is 1. The molecule has 6 nitrogen and oxygen atoms in total. The molecule has 0 unspecified atom stereocenters. The summed E-state index contributed by atoms with van der Waals surface area (Å²) in [4.78, 5) is 19.3. The van der Waals surface area contributed by atoms with Crippen LogP contribution in [-0.4, -0.2) is 45.8 Å². The highest BCUT2D eigenvalue weighted by molar-refractivity contribution is 6.30. The van der Waals surface area contributed by atoms with Gasteiger partial charge in [-0.15, -0.1) is 0 Å². The summed E-state index contributed by atoms with van der Waals surface area (Å²) in [6, 6.07) is 5.29. The van der Waals surface area contributed by atoms with Gasteiger partial charge in [-0.25, -0.2) is 9.67 Å². The van der Waals surface area contributed by atoms with Crippen LogP contribution in [0.2, 0.25) is 5.02 Å². The molecule has 2 fully saturated rings. The third-order valence-electron chi connectivity index (χ3n) is 4.52. The van der Waals surface area contributed by atoms with E-state index in [0.717, 1.165) is 44.6 Å². The van der Waals surface area contributed by atoms with Crippen molar-refractivity contribution in [3.63, 3.8) is 0 Å². The molecule has 1 saturated heterocycles. The van der Waals surface area contributed by atoms with Crippen LogP contribution in [-0.2, 0) is 0 Å². The van der Waals surface area contributed by atoms with Crippen molar-refractivity contribution in [2.24, 2.45) is 0 Å². The Morgan fingerprint density at radius 2 is 2.04 bits per heavy atom. The maximum absolute atomic E-state index is 12.9. The molecule has 2 heterocycles. The summed E-state index contributed by atoms with van der Waals surface area (Å²) in [5, 5.41) is 5.17. The van der Waals surface area contributed by atoms with Gasteiger partial charge in [-0.2, -0.15) is 5.10 Å². The zero-order chi connectivity index (χ0) is 16.7. The first-order valence-electron chi connectivity index (χ1n) is 8.27. The van der Waals surface area contributed by atoms with Crippen molar-refractivity contribution in [1.29, 1.82) is 0 Å². The average Bonchev–Trinajstić information content (AvgIpc) is 3.13. The zero-order valence-corrected chi connectivity index (χ0v) is 14.3. The quantitative estimate of drug-likeness (QED) is 0.853. The maximum Gasteiger partial charge on any atom is 0.291 e. The Balaban J connectivity index is 1.81. The molecular weight excluding hydrogens is 328 g/mol. The molecule has 0 spiro atoms. The van der Waals surface area contributed by atoms with Crippen LogP contribution in [0.15, 0.2) is 18.2 Å². The lowest BCUT2D eigenvalue weighted by Crippen LogP contribution is -2.30. The van der Waals surface area contributed by atoms with Crippen LogP contribution in [0.1, 0.15) is 48.0 Å². The Labute approximate surface area is 145 Å². The van der Waals surface area contributed by atoms with Gasteiger partial charge in [0.1, 0.15) is 11.4 Å². The second-order valence-corrected chi connectivity index (χ2v) is 6.73. The summed E-state index contributed by atoms with van der Waals surface area (Å²) in [6.45, 7) is 1.55. The number of hydrogen-bond acceptors (Lipinski definition) is 4. The molecule has 0 atom stereocenters. The number of halogens is 1. The Morgan fingerprint density at radius 1 is 1.29 bits per heavy atom. The minimum atomic E-state index is -0.0751. The number of nitrogens with zero attached hydrogens (tertiary/aromatic N) is 4. The lowest BCUT2D eigenvalue weighted by Gasteiger charge is -2.16. The first kappa shape index (κ1) is 15.4. The van der Waals surface area contributed by atoms with Crippen molar-refractivity contribution in [2.75, 3.05) is 20.2 Å². The van der Waals surface area contributed by atoms with Crippen molar-refractivity contribution in [2.45, 2.75) is 31.6 Å². The minimum Gasteiger partial charge on any atom is -0.494 e. The number of amides is 1. The third kappa shape index (κ3) is 2.75. The highest BCUT2D eigenvalue weighted by Crippen LogP contribution is 2.39. The molecule has 126 valence electrons. The number of aromatic nitrogens is 3. The topological polar surface area (TPSA) is 60.2 Å². The average molecular weight is 347 g/mol. The van der Waals surface area contributed by atoms with Gasteiger partial charge in [0.2, 0.25) is 5.82 Å². The van der Waals surface area contributed by atoms with E-state index in [9.17, 15) is 4.79 Å². The van der Waals surface area contributed by atoms with Gasteiger partial charge >= 0.3 is 0 Å². The lowest BCUT2D eigenvalue weighted by molar-refractivity contribution is 0.0777. The van der Waals surface area contributed by atoms with Gasteiger partial charge in [-0.05, 0) is 43.9 Å². The van der Waals surface area contributed by atoms with Crippen molar-refractivity contribution < 1.29 is 9.53 Å². The van der Waals surface area contributed by atoms with E-state index in [1.807, 2.05) is 4.90 Å². The van der Waals surface area contributed by atoms with Crippen LogP contribution in [0.3, 0.4) is 0 Å². The van der Waals surface area contributed by atoms with Gasteiger partial charge in [0.05, 0.1) is 7.11 Å². The van der Waals surface area contributed by atoms with Gasteiger partial charge in [0.15, 0.2) is 5.82 Å². The fourth-order valence-electron chi connectivity index (χ4n) is 3.04. The summed E-state index contributed by atoms with van der Waals surface area (Å²) in [7, 11) is 1.59. The standard InChI is InChI=1S/C17H19ClN4O2/c1-24-14-7-6-12(18)10-13(14)22-16(17(23)21-8-2-3-9-21)19-15(20-22)11-4-5-11/h6-7,10-11H,2-5,8-9H2,1H3. The molecule has 1 aromatic heterocycles. The number of methoxy groups -OCH3 is 1. The van der Waals surface area contributed by atoms with Crippen molar-refractivity contribution >= 4 is 17.5 Å². The number of rotatable bonds is 4. The number of carbonyl (C=O) groups is 1. The first-order chi connectivity index (χ1) is 11.7.